The number of benzene rings is 1. The van der Waals surface area contributed by atoms with Gasteiger partial charge in [0.2, 0.25) is 5.91 Å². The Morgan fingerprint density at radius 3 is 3.06 bits per heavy atom. The minimum atomic E-state index is -0.482. The van der Waals surface area contributed by atoms with Crippen molar-refractivity contribution in [3.63, 3.8) is 0 Å². The number of ether oxygens (including phenoxy) is 2. The van der Waals surface area contributed by atoms with Gasteiger partial charge in [0.1, 0.15) is 11.2 Å². The third kappa shape index (κ3) is 1.10. The lowest BCUT2D eigenvalue weighted by atomic mass is 9.81. The van der Waals surface area contributed by atoms with Crippen molar-refractivity contribution in [2.45, 2.75) is 11.8 Å². The van der Waals surface area contributed by atoms with Crippen LogP contribution in [0.25, 0.3) is 0 Å². The topological polar surface area (TPSA) is 47.6 Å². The highest BCUT2D eigenvalue weighted by Crippen LogP contribution is 2.44. The van der Waals surface area contributed by atoms with E-state index in [-0.39, 0.29) is 5.91 Å². The van der Waals surface area contributed by atoms with E-state index in [0.717, 1.165) is 23.4 Å². The number of carbonyl (C=O) groups excluding carboxylic acids is 1. The summed E-state index contributed by atoms with van der Waals surface area (Å²) in [6.07, 6.45) is 0.749. The lowest BCUT2D eigenvalue weighted by Crippen LogP contribution is -2.34. The maximum absolute atomic E-state index is 12.0. The minimum absolute atomic E-state index is 0.0493. The molecule has 4 heteroatoms. The van der Waals surface area contributed by atoms with Gasteiger partial charge in [-0.05, 0) is 30.2 Å². The van der Waals surface area contributed by atoms with E-state index in [0.29, 0.717) is 13.2 Å². The van der Waals surface area contributed by atoms with Crippen LogP contribution in [0.2, 0.25) is 0 Å². The molecule has 1 atom stereocenters. The molecule has 1 fully saturated rings. The molecule has 1 N–H and O–H groups in total. The van der Waals surface area contributed by atoms with Crippen LogP contribution in [0.1, 0.15) is 12.0 Å². The minimum Gasteiger partial charge on any atom is -0.497 e. The van der Waals surface area contributed by atoms with Gasteiger partial charge in [0.05, 0.1) is 13.7 Å². The van der Waals surface area contributed by atoms with E-state index in [2.05, 4.69) is 5.32 Å². The molecule has 0 bridgehead atoms. The van der Waals surface area contributed by atoms with E-state index in [9.17, 15) is 4.79 Å². The van der Waals surface area contributed by atoms with Crippen LogP contribution in [0.15, 0.2) is 18.2 Å². The van der Waals surface area contributed by atoms with E-state index in [4.69, 9.17) is 9.47 Å². The average molecular weight is 219 g/mol. The Hall–Kier alpha value is -1.55. The van der Waals surface area contributed by atoms with Crippen molar-refractivity contribution in [2.24, 2.45) is 0 Å². The molecule has 1 amide bonds. The molecule has 1 unspecified atom stereocenters. The van der Waals surface area contributed by atoms with E-state index in [1.54, 1.807) is 7.11 Å². The molecule has 1 aromatic carbocycles. The SMILES string of the molecule is COc1ccc2c(c1)C1(CCOC1)C(=O)N2. The Balaban J connectivity index is 2.14. The number of hydrogen-bond acceptors (Lipinski definition) is 3. The molecular formula is C12H13NO3. The Bertz CT molecular complexity index is 450. The van der Waals surface area contributed by atoms with E-state index in [1.807, 2.05) is 18.2 Å². The highest BCUT2D eigenvalue weighted by molar-refractivity contribution is 6.06. The van der Waals surface area contributed by atoms with E-state index < -0.39 is 5.41 Å². The van der Waals surface area contributed by atoms with Gasteiger partial charge in [0, 0.05) is 12.3 Å². The largest absolute Gasteiger partial charge is 0.497 e. The maximum Gasteiger partial charge on any atom is 0.237 e. The summed E-state index contributed by atoms with van der Waals surface area (Å²) in [5.74, 6) is 0.828. The molecule has 0 saturated carbocycles. The average Bonchev–Trinajstić information content (AvgIpc) is 2.88. The fourth-order valence-corrected chi connectivity index (χ4v) is 2.48. The molecule has 1 spiro atoms. The second kappa shape index (κ2) is 3.22. The molecule has 16 heavy (non-hydrogen) atoms. The van der Waals surface area contributed by atoms with Crippen molar-refractivity contribution < 1.29 is 14.3 Å². The monoisotopic (exact) mass is 219 g/mol. The molecule has 2 heterocycles. The van der Waals surface area contributed by atoms with Crippen molar-refractivity contribution >= 4 is 11.6 Å². The van der Waals surface area contributed by atoms with Crippen molar-refractivity contribution in [2.75, 3.05) is 25.6 Å². The van der Waals surface area contributed by atoms with Crippen LogP contribution >= 0.6 is 0 Å². The Labute approximate surface area is 93.5 Å². The number of anilines is 1. The van der Waals surface area contributed by atoms with E-state index >= 15 is 0 Å². The van der Waals surface area contributed by atoms with Gasteiger partial charge < -0.3 is 14.8 Å². The zero-order valence-corrected chi connectivity index (χ0v) is 9.08. The zero-order chi connectivity index (χ0) is 11.2. The van der Waals surface area contributed by atoms with Gasteiger partial charge >= 0.3 is 0 Å². The van der Waals surface area contributed by atoms with E-state index in [1.165, 1.54) is 0 Å². The number of nitrogens with one attached hydrogen (secondary N) is 1. The van der Waals surface area contributed by atoms with Crippen molar-refractivity contribution in [3.8, 4) is 5.75 Å². The molecule has 0 aliphatic carbocycles. The predicted molar refractivity (Wildman–Crippen MR) is 58.7 cm³/mol. The maximum atomic E-state index is 12.0. The second-order valence-corrected chi connectivity index (χ2v) is 4.25. The van der Waals surface area contributed by atoms with Gasteiger partial charge in [-0.2, -0.15) is 0 Å². The summed E-state index contributed by atoms with van der Waals surface area (Å²) < 4.78 is 10.6. The van der Waals surface area contributed by atoms with Crippen LogP contribution < -0.4 is 10.1 Å². The molecule has 2 aliphatic heterocycles. The first-order valence-electron chi connectivity index (χ1n) is 5.34. The quantitative estimate of drug-likeness (QED) is 0.774. The summed E-state index contributed by atoms with van der Waals surface area (Å²) >= 11 is 0. The summed E-state index contributed by atoms with van der Waals surface area (Å²) in [6.45, 7) is 1.11. The zero-order valence-electron chi connectivity index (χ0n) is 9.08. The molecule has 0 aromatic heterocycles. The van der Waals surface area contributed by atoms with Gasteiger partial charge in [0.25, 0.3) is 0 Å². The molecule has 0 radical (unpaired) electrons. The molecule has 3 rings (SSSR count). The van der Waals surface area contributed by atoms with Gasteiger partial charge in [-0.25, -0.2) is 0 Å². The summed E-state index contributed by atoms with van der Waals surface area (Å²) in [4.78, 5) is 12.0. The molecule has 1 aromatic rings. The van der Waals surface area contributed by atoms with Crippen LogP contribution in [0, 0.1) is 0 Å². The third-order valence-corrected chi connectivity index (χ3v) is 3.45. The summed E-state index contributed by atoms with van der Waals surface area (Å²) in [5, 5.41) is 2.91. The molecule has 84 valence electrons. The molecular weight excluding hydrogens is 206 g/mol. The van der Waals surface area contributed by atoms with Crippen LogP contribution in [-0.2, 0) is 14.9 Å². The summed E-state index contributed by atoms with van der Waals surface area (Å²) in [5.41, 5.74) is 1.41. The first kappa shape index (κ1) is 9.66. The Morgan fingerprint density at radius 2 is 2.38 bits per heavy atom. The highest BCUT2D eigenvalue weighted by atomic mass is 16.5. The van der Waals surface area contributed by atoms with Gasteiger partial charge in [0.15, 0.2) is 0 Å². The summed E-state index contributed by atoms with van der Waals surface area (Å²) in [6, 6.07) is 5.68. The highest BCUT2D eigenvalue weighted by Gasteiger charge is 2.49. The number of amides is 1. The fourth-order valence-electron chi connectivity index (χ4n) is 2.48. The van der Waals surface area contributed by atoms with Gasteiger partial charge in [-0.1, -0.05) is 0 Å². The number of carbonyl (C=O) groups is 1. The van der Waals surface area contributed by atoms with Crippen LogP contribution in [0.3, 0.4) is 0 Å². The van der Waals surface area contributed by atoms with Gasteiger partial charge in [-0.3, -0.25) is 4.79 Å². The second-order valence-electron chi connectivity index (χ2n) is 4.25. The number of fused-ring (bicyclic) bond motifs is 2. The lowest BCUT2D eigenvalue weighted by molar-refractivity contribution is -0.120. The summed E-state index contributed by atoms with van der Waals surface area (Å²) in [7, 11) is 1.63. The van der Waals surface area contributed by atoms with Crippen LogP contribution in [-0.4, -0.2) is 26.2 Å². The van der Waals surface area contributed by atoms with Crippen molar-refractivity contribution in [1.82, 2.24) is 0 Å². The first-order valence-corrected chi connectivity index (χ1v) is 5.34. The third-order valence-electron chi connectivity index (χ3n) is 3.45. The predicted octanol–water partition coefficient (Wildman–Crippen LogP) is 1.31. The van der Waals surface area contributed by atoms with Gasteiger partial charge in [-0.15, -0.1) is 0 Å². The normalized spacial score (nSPS) is 26.9. The Morgan fingerprint density at radius 1 is 1.50 bits per heavy atom. The number of rotatable bonds is 1. The lowest BCUT2D eigenvalue weighted by Gasteiger charge is -2.18. The molecule has 2 aliphatic rings. The van der Waals surface area contributed by atoms with Crippen molar-refractivity contribution in [3.05, 3.63) is 23.8 Å². The standard InChI is InChI=1S/C12H13NO3/c1-15-8-2-3-10-9(6-8)12(11(14)13-10)4-5-16-7-12/h2-3,6H,4-5,7H2,1H3,(H,13,14). The van der Waals surface area contributed by atoms with Crippen molar-refractivity contribution in [1.29, 1.82) is 0 Å². The van der Waals surface area contributed by atoms with Crippen LogP contribution in [0.4, 0.5) is 5.69 Å². The smallest absolute Gasteiger partial charge is 0.237 e. The fraction of sp³-hybridized carbons (Fsp3) is 0.417. The molecule has 4 nitrogen and oxygen atoms in total. The molecule has 1 saturated heterocycles. The number of methoxy groups -OCH3 is 1. The van der Waals surface area contributed by atoms with Crippen LogP contribution in [0.5, 0.6) is 5.75 Å². The number of hydrogen-bond donors (Lipinski definition) is 1. The first-order chi connectivity index (χ1) is 7.76. The Kier molecular flexibility index (Phi) is 1.94.